The first kappa shape index (κ1) is 48.2. The molecule has 0 saturated heterocycles. The highest BCUT2D eigenvalue weighted by Crippen LogP contribution is 2.79. The lowest BCUT2D eigenvalue weighted by molar-refractivity contribution is 0.0352. The normalized spacial score (nSPS) is 17.0. The van der Waals surface area contributed by atoms with Crippen LogP contribution in [-0.4, -0.2) is 49.6 Å². The molecule has 0 saturated carbocycles. The van der Waals surface area contributed by atoms with Crippen LogP contribution in [-0.2, 0) is 0 Å². The number of hydrogen-bond donors (Lipinski definition) is 7. The van der Waals surface area contributed by atoms with Crippen LogP contribution in [0.2, 0.25) is 0 Å². The molecule has 1 heterocycles. The predicted molar refractivity (Wildman–Crippen MR) is 264 cm³/mol. The van der Waals surface area contributed by atoms with Crippen LogP contribution in [0.3, 0.4) is 0 Å². The molecule has 362 valence electrons. The van der Waals surface area contributed by atoms with Crippen molar-refractivity contribution in [3.63, 3.8) is 0 Å². The van der Waals surface area contributed by atoms with E-state index in [1.165, 1.54) is 84.9 Å². The molecular formula is C48H40N4O15P4. The first-order chi connectivity index (χ1) is 34.5. The van der Waals surface area contributed by atoms with Gasteiger partial charge >= 0.3 is 33.0 Å². The first-order valence-electron chi connectivity index (χ1n) is 21.0. The molecule has 3 atom stereocenters. The first-order valence-corrected chi connectivity index (χ1v) is 26.0. The minimum atomic E-state index is -4.98. The fourth-order valence-corrected chi connectivity index (χ4v) is 15.9. The van der Waals surface area contributed by atoms with E-state index >= 15 is 0 Å². The second-order valence-corrected chi connectivity index (χ2v) is 21.7. The Morgan fingerprint density at radius 1 is 0.324 bits per heavy atom. The lowest BCUT2D eigenvalue weighted by Crippen LogP contribution is -2.39. The fourth-order valence-electron chi connectivity index (χ4n) is 6.08. The average Bonchev–Trinajstić information content (AvgIpc) is 3.37. The third-order valence-electron chi connectivity index (χ3n) is 9.46. The Morgan fingerprint density at radius 2 is 0.648 bits per heavy atom. The summed E-state index contributed by atoms with van der Waals surface area (Å²) >= 11 is 0. The Hall–Kier alpha value is -7.84. The van der Waals surface area contributed by atoms with Crippen LogP contribution < -0.4 is 37.1 Å². The minimum absolute atomic E-state index is 0.0875. The van der Waals surface area contributed by atoms with Crippen LogP contribution in [0.4, 0.5) is 0 Å². The maximum Gasteiger partial charge on any atom is 0.447 e. The second kappa shape index (κ2) is 21.8. The lowest BCUT2D eigenvalue weighted by atomic mass is 10.3. The van der Waals surface area contributed by atoms with E-state index in [0.717, 1.165) is 13.8 Å². The summed E-state index contributed by atoms with van der Waals surface area (Å²) in [6, 6.07) is 49.3. The van der Waals surface area contributed by atoms with Crippen LogP contribution in [0, 0.1) is 0 Å². The summed E-state index contributed by atoms with van der Waals surface area (Å²) in [5, 5.41) is 80.3. The molecule has 8 aromatic rings. The van der Waals surface area contributed by atoms with Gasteiger partial charge in [-0.15, -0.1) is 4.52 Å². The molecule has 19 nitrogen and oxygen atoms in total. The van der Waals surface area contributed by atoms with Crippen LogP contribution in [0.15, 0.2) is 205 Å². The molecule has 1 aliphatic heterocycles. The standard InChI is InChI=1S/C48H40N4O15P4/c53-35-20-4-11-27-42(35)61-50-68(63-44-29-13-6-22-37(44)55)49-71(66-47-32-16-9-25-40(47)58,67-48-33-17-10-26-41(48)59)52(60-34-18-2-1-3-19-34)70(65-46-31-15-8-24-39(46)57)51(62-43-28-12-5-21-36(43)54)69(50)64-45-30-14-7-23-38(45)56/h1-33,53-59H. The molecule has 8 aromatic carbocycles. The molecule has 0 bridgehead atoms. The highest BCUT2D eigenvalue weighted by Gasteiger charge is 2.60. The molecule has 0 radical (unpaired) electrons. The van der Waals surface area contributed by atoms with Gasteiger partial charge in [-0.2, -0.15) is 0 Å². The zero-order valence-corrected chi connectivity index (χ0v) is 40.1. The lowest BCUT2D eigenvalue weighted by Gasteiger charge is -2.45. The summed E-state index contributed by atoms with van der Waals surface area (Å²) in [6.45, 7) is 0. The Balaban J connectivity index is 1.46. The van der Waals surface area contributed by atoms with Gasteiger partial charge in [-0.25, -0.2) is 0 Å². The van der Waals surface area contributed by atoms with Crippen molar-refractivity contribution in [2.45, 2.75) is 0 Å². The van der Waals surface area contributed by atoms with Crippen LogP contribution >= 0.6 is 33.0 Å². The number of aromatic hydroxyl groups is 7. The molecule has 23 heteroatoms. The maximum absolute atomic E-state index is 11.5. The predicted octanol–water partition coefficient (Wildman–Crippen LogP) is 12.8. The second-order valence-electron chi connectivity index (χ2n) is 14.4. The fraction of sp³-hybridized carbons (Fsp3) is 0. The number of phenolic OH excluding ortho intramolecular Hbond substituents is 7. The van der Waals surface area contributed by atoms with Gasteiger partial charge in [-0.3, -0.25) is 0 Å². The average molecular weight is 1040 g/mol. The van der Waals surface area contributed by atoms with Gasteiger partial charge in [0, 0.05) is 13.8 Å². The Kier molecular flexibility index (Phi) is 14.8. The van der Waals surface area contributed by atoms with E-state index in [-0.39, 0.29) is 63.2 Å². The molecular weight excluding hydrogens is 996 g/mol. The van der Waals surface area contributed by atoms with Crippen molar-refractivity contribution in [3.8, 4) is 86.2 Å². The number of rotatable bonds is 16. The molecule has 1 aliphatic rings. The van der Waals surface area contributed by atoms with E-state index in [0.29, 0.717) is 0 Å². The molecule has 0 fully saturated rings. The van der Waals surface area contributed by atoms with Crippen molar-refractivity contribution >= 4 is 33.0 Å². The van der Waals surface area contributed by atoms with Crippen LogP contribution in [0.1, 0.15) is 0 Å². The van der Waals surface area contributed by atoms with Gasteiger partial charge in [0.1, 0.15) is 5.75 Å². The van der Waals surface area contributed by atoms with Crippen molar-refractivity contribution < 1.29 is 72.9 Å². The molecule has 0 spiro atoms. The Morgan fingerprint density at radius 3 is 1.06 bits per heavy atom. The molecule has 3 unspecified atom stereocenters. The smallest absolute Gasteiger partial charge is 0.447 e. The summed E-state index contributed by atoms with van der Waals surface area (Å²) < 4.78 is 42.7. The van der Waals surface area contributed by atoms with Gasteiger partial charge < -0.3 is 72.9 Å². The third kappa shape index (κ3) is 11.1. The van der Waals surface area contributed by atoms with E-state index in [9.17, 15) is 35.7 Å². The number of para-hydroxylation sites is 15. The molecule has 0 aromatic heterocycles. The summed E-state index contributed by atoms with van der Waals surface area (Å²) in [5.74, 6) is -4.22. The van der Waals surface area contributed by atoms with E-state index in [1.807, 2.05) is 0 Å². The Labute approximate surface area is 409 Å². The topological polar surface area (TPSA) is 238 Å². The van der Waals surface area contributed by atoms with Gasteiger partial charge in [-0.05, 0) is 97.1 Å². The number of hydrogen-bond acceptors (Lipinski definition) is 19. The highest BCUT2D eigenvalue weighted by molar-refractivity contribution is 7.78. The summed E-state index contributed by atoms with van der Waals surface area (Å²) in [6.07, 6.45) is 0. The molecule has 71 heavy (non-hydrogen) atoms. The van der Waals surface area contributed by atoms with Crippen LogP contribution in [0.5, 0.6) is 86.2 Å². The zero-order chi connectivity index (χ0) is 49.3. The Bertz CT molecular complexity index is 3110. The molecule has 9 rings (SSSR count). The molecule has 0 aliphatic carbocycles. The summed E-state index contributed by atoms with van der Waals surface area (Å²) in [5.41, 5.74) is 0. The van der Waals surface area contributed by atoms with Crippen LogP contribution in [0.25, 0.3) is 0 Å². The van der Waals surface area contributed by atoms with E-state index in [4.69, 9.17) is 41.6 Å². The number of benzene rings is 8. The van der Waals surface area contributed by atoms with Crippen molar-refractivity contribution in [1.82, 2.24) is 13.8 Å². The number of phenols is 7. The maximum atomic E-state index is 11.5. The third-order valence-corrected chi connectivity index (χ3v) is 18.3. The van der Waals surface area contributed by atoms with Gasteiger partial charge in [0.2, 0.25) is 0 Å². The minimum Gasteiger partial charge on any atom is -0.504 e. The summed E-state index contributed by atoms with van der Waals surface area (Å²) in [4.78, 5) is 20.4. The molecule has 7 N–H and O–H groups in total. The SMILES string of the molecule is Oc1ccccc1ON1P(Oc2ccccc2O)N=P(Oc2ccccc2O)(Oc2ccccc2O)N(Oc2ccccc2)P(Oc2ccccc2O)N(Oc2ccccc2O)P1Oc1ccccc1O. The molecule has 0 amide bonds. The van der Waals surface area contributed by atoms with E-state index < -0.39 is 56.0 Å². The van der Waals surface area contributed by atoms with Gasteiger partial charge in [0.05, 0.1) is 0 Å². The zero-order valence-electron chi connectivity index (χ0n) is 36.5. The highest BCUT2D eigenvalue weighted by atomic mass is 31.3. The van der Waals surface area contributed by atoms with E-state index in [2.05, 4.69) is 0 Å². The van der Waals surface area contributed by atoms with Gasteiger partial charge in [0.15, 0.2) is 80.5 Å². The van der Waals surface area contributed by atoms with E-state index in [1.54, 1.807) is 115 Å². The largest absolute Gasteiger partial charge is 0.504 e. The monoisotopic (exact) mass is 1040 g/mol. The van der Waals surface area contributed by atoms with Crippen molar-refractivity contribution in [2.24, 2.45) is 4.52 Å². The number of nitrogens with zero attached hydrogens (tertiary/aromatic N) is 4. The van der Waals surface area contributed by atoms with Gasteiger partial charge in [0.25, 0.3) is 0 Å². The van der Waals surface area contributed by atoms with Gasteiger partial charge in [-0.1, -0.05) is 103 Å². The van der Waals surface area contributed by atoms with Crippen molar-refractivity contribution in [1.29, 1.82) is 0 Å². The van der Waals surface area contributed by atoms with Crippen molar-refractivity contribution in [2.75, 3.05) is 0 Å². The quantitative estimate of drug-likeness (QED) is 0.0445. The van der Waals surface area contributed by atoms with Crippen molar-refractivity contribution in [3.05, 3.63) is 200 Å². The summed E-state index contributed by atoms with van der Waals surface area (Å²) in [7, 11) is -14.4.